The van der Waals surface area contributed by atoms with Crippen LogP contribution in [0.3, 0.4) is 0 Å². The van der Waals surface area contributed by atoms with E-state index in [9.17, 15) is 19.8 Å². The number of carbonyl (C=O) groups excluding carboxylic acids is 1. The molecule has 1 heterocycles. The number of aliphatic carboxylic acids is 1. The number of nitrogens with zero attached hydrogens (tertiary/aromatic N) is 1. The van der Waals surface area contributed by atoms with E-state index in [1.165, 1.54) is 32.2 Å². The van der Waals surface area contributed by atoms with Crippen molar-refractivity contribution in [1.82, 2.24) is 10.3 Å². The Hall–Kier alpha value is -2.11. The largest absolute Gasteiger partial charge is 0.505 e. The topological polar surface area (TPSA) is 99.5 Å². The van der Waals surface area contributed by atoms with Gasteiger partial charge in [-0.05, 0) is 39.8 Å². The van der Waals surface area contributed by atoms with Crippen LogP contribution in [0.5, 0.6) is 5.75 Å². The summed E-state index contributed by atoms with van der Waals surface area (Å²) >= 11 is 0. The van der Waals surface area contributed by atoms with Gasteiger partial charge < -0.3 is 15.5 Å². The van der Waals surface area contributed by atoms with Crippen LogP contribution in [-0.2, 0) is 4.79 Å². The van der Waals surface area contributed by atoms with Gasteiger partial charge in [-0.25, -0.2) is 4.98 Å². The van der Waals surface area contributed by atoms with Gasteiger partial charge in [0.15, 0.2) is 5.69 Å². The lowest BCUT2D eigenvalue weighted by molar-refractivity contribution is -0.150. The van der Waals surface area contributed by atoms with Gasteiger partial charge in [0.2, 0.25) is 0 Å². The molecule has 0 atom stereocenters. The number of hydrogen-bond donors (Lipinski definition) is 3. The first kappa shape index (κ1) is 14.9. The molecular weight excluding hydrogens is 248 g/mol. The fraction of sp³-hybridized carbons (Fsp3) is 0.462. The van der Waals surface area contributed by atoms with E-state index in [4.69, 9.17) is 0 Å². The van der Waals surface area contributed by atoms with Crippen LogP contribution in [0.15, 0.2) is 18.3 Å². The highest BCUT2D eigenvalue weighted by Crippen LogP contribution is 2.31. The number of hydrogen-bond acceptors (Lipinski definition) is 4. The first-order chi connectivity index (χ1) is 8.59. The Kier molecular flexibility index (Phi) is 3.83. The molecule has 0 aliphatic rings. The minimum atomic E-state index is -1.17. The number of rotatable bonds is 4. The number of carbonyl (C=O) groups is 2. The molecule has 0 saturated carbocycles. The molecule has 0 aromatic carbocycles. The van der Waals surface area contributed by atoms with Gasteiger partial charge in [0.05, 0.1) is 11.0 Å². The molecule has 3 N–H and O–H groups in total. The summed E-state index contributed by atoms with van der Waals surface area (Å²) in [5, 5.41) is 21.3. The van der Waals surface area contributed by atoms with Crippen LogP contribution in [0.2, 0.25) is 0 Å². The predicted molar refractivity (Wildman–Crippen MR) is 68.9 cm³/mol. The summed E-state index contributed by atoms with van der Waals surface area (Å²) < 4.78 is 0. The van der Waals surface area contributed by atoms with Crippen LogP contribution in [0.1, 0.15) is 38.2 Å². The van der Waals surface area contributed by atoms with Gasteiger partial charge in [-0.2, -0.15) is 0 Å². The Morgan fingerprint density at radius 2 is 1.84 bits per heavy atom. The summed E-state index contributed by atoms with van der Waals surface area (Å²) in [7, 11) is 0. The van der Waals surface area contributed by atoms with Gasteiger partial charge in [-0.15, -0.1) is 0 Å². The van der Waals surface area contributed by atoms with Crippen LogP contribution in [0, 0.1) is 5.41 Å². The maximum absolute atomic E-state index is 12.0. The highest BCUT2D eigenvalue weighted by atomic mass is 16.4. The summed E-state index contributed by atoms with van der Waals surface area (Å²) in [6, 6.07) is 2.84. The number of carboxylic acid groups (broad SMARTS) is 1. The monoisotopic (exact) mass is 266 g/mol. The first-order valence-electron chi connectivity index (χ1n) is 5.79. The van der Waals surface area contributed by atoms with Gasteiger partial charge in [-0.1, -0.05) is 0 Å². The normalized spacial score (nSPS) is 12.0. The van der Waals surface area contributed by atoms with E-state index in [2.05, 4.69) is 10.3 Å². The van der Waals surface area contributed by atoms with Gasteiger partial charge >= 0.3 is 5.97 Å². The average Bonchev–Trinajstić information content (AvgIpc) is 2.28. The predicted octanol–water partition coefficient (Wildman–Crippen LogP) is 1.41. The molecule has 0 fully saturated rings. The third kappa shape index (κ3) is 2.83. The van der Waals surface area contributed by atoms with E-state index in [-0.39, 0.29) is 11.4 Å². The van der Waals surface area contributed by atoms with E-state index in [0.29, 0.717) is 0 Å². The summed E-state index contributed by atoms with van der Waals surface area (Å²) in [4.78, 5) is 27.0. The molecule has 1 amide bonds. The Morgan fingerprint density at radius 3 is 2.32 bits per heavy atom. The molecule has 0 saturated heterocycles. The molecule has 0 unspecified atom stereocenters. The van der Waals surface area contributed by atoms with E-state index < -0.39 is 22.8 Å². The summed E-state index contributed by atoms with van der Waals surface area (Å²) in [6.45, 7) is 6.26. The van der Waals surface area contributed by atoms with Crippen LogP contribution < -0.4 is 5.32 Å². The molecule has 0 aliphatic carbocycles. The maximum Gasteiger partial charge on any atom is 0.311 e. The minimum Gasteiger partial charge on any atom is -0.505 e. The van der Waals surface area contributed by atoms with Crippen molar-refractivity contribution in [3.8, 4) is 5.75 Å². The number of pyridine rings is 1. The highest BCUT2D eigenvalue weighted by Gasteiger charge is 2.44. The number of amides is 1. The standard InChI is InChI=1S/C13H18N2O4/c1-12(2,11(18)19)13(3,4)15-10(17)9-8(16)6-5-7-14-9/h5-7,16H,1-4H3,(H,15,17)(H,18,19). The molecule has 104 valence electrons. The third-order valence-electron chi connectivity index (χ3n) is 3.52. The lowest BCUT2D eigenvalue weighted by Crippen LogP contribution is -2.57. The molecule has 19 heavy (non-hydrogen) atoms. The molecule has 0 radical (unpaired) electrons. The van der Waals surface area contributed by atoms with Crippen LogP contribution in [0.4, 0.5) is 0 Å². The number of nitrogens with one attached hydrogen (secondary N) is 1. The van der Waals surface area contributed by atoms with Crippen molar-refractivity contribution in [3.63, 3.8) is 0 Å². The number of carboxylic acids is 1. The van der Waals surface area contributed by atoms with E-state index >= 15 is 0 Å². The molecule has 0 bridgehead atoms. The van der Waals surface area contributed by atoms with Crippen molar-refractivity contribution < 1.29 is 19.8 Å². The lowest BCUT2D eigenvalue weighted by Gasteiger charge is -2.38. The van der Waals surface area contributed by atoms with Crippen molar-refractivity contribution in [3.05, 3.63) is 24.0 Å². The Bertz CT molecular complexity index is 509. The SMILES string of the molecule is CC(C)(NC(=O)c1ncccc1O)C(C)(C)C(=O)O. The minimum absolute atomic E-state index is 0.128. The van der Waals surface area contributed by atoms with Gasteiger partial charge in [0, 0.05) is 6.20 Å². The van der Waals surface area contributed by atoms with E-state index in [1.807, 2.05) is 0 Å². The number of aromatic nitrogens is 1. The molecule has 0 aliphatic heterocycles. The summed E-state index contributed by atoms with van der Waals surface area (Å²) in [6.07, 6.45) is 1.38. The molecular formula is C13H18N2O4. The molecule has 6 heteroatoms. The quantitative estimate of drug-likeness (QED) is 0.765. The smallest absolute Gasteiger partial charge is 0.311 e. The molecule has 1 rings (SSSR count). The lowest BCUT2D eigenvalue weighted by atomic mass is 9.74. The van der Waals surface area contributed by atoms with Gasteiger partial charge in [-0.3, -0.25) is 9.59 Å². The zero-order valence-corrected chi connectivity index (χ0v) is 11.4. The van der Waals surface area contributed by atoms with E-state index in [0.717, 1.165) is 0 Å². The van der Waals surface area contributed by atoms with Crippen LogP contribution in [-0.4, -0.2) is 32.6 Å². The average molecular weight is 266 g/mol. The summed E-state index contributed by atoms with van der Waals surface area (Å²) in [5.41, 5.74) is -2.32. The second kappa shape index (κ2) is 4.87. The fourth-order valence-electron chi connectivity index (χ4n) is 1.34. The van der Waals surface area contributed by atoms with Gasteiger partial charge in [0.25, 0.3) is 5.91 Å². The third-order valence-corrected chi connectivity index (χ3v) is 3.52. The van der Waals surface area contributed by atoms with Crippen molar-refractivity contribution in [2.75, 3.05) is 0 Å². The fourth-order valence-corrected chi connectivity index (χ4v) is 1.34. The highest BCUT2D eigenvalue weighted by molar-refractivity contribution is 5.95. The van der Waals surface area contributed by atoms with Crippen LogP contribution in [0.25, 0.3) is 0 Å². The maximum atomic E-state index is 12.0. The Morgan fingerprint density at radius 1 is 1.26 bits per heavy atom. The van der Waals surface area contributed by atoms with Crippen molar-refractivity contribution in [2.45, 2.75) is 33.2 Å². The Balaban J connectivity index is 3.00. The second-order valence-electron chi connectivity index (χ2n) is 5.38. The molecule has 1 aromatic heterocycles. The van der Waals surface area contributed by atoms with Crippen molar-refractivity contribution in [1.29, 1.82) is 0 Å². The van der Waals surface area contributed by atoms with Gasteiger partial charge in [0.1, 0.15) is 5.75 Å². The second-order valence-corrected chi connectivity index (χ2v) is 5.38. The summed E-state index contributed by atoms with van der Waals surface area (Å²) in [5.74, 6) is -1.88. The van der Waals surface area contributed by atoms with Crippen molar-refractivity contribution >= 4 is 11.9 Å². The molecule has 0 spiro atoms. The zero-order valence-electron chi connectivity index (χ0n) is 11.4. The Labute approximate surface area is 111 Å². The molecule has 1 aromatic rings. The number of aromatic hydroxyl groups is 1. The first-order valence-corrected chi connectivity index (χ1v) is 5.79. The van der Waals surface area contributed by atoms with Crippen LogP contribution >= 0.6 is 0 Å². The molecule has 6 nitrogen and oxygen atoms in total. The zero-order chi connectivity index (χ0) is 14.8. The van der Waals surface area contributed by atoms with Crippen molar-refractivity contribution in [2.24, 2.45) is 5.41 Å². The van der Waals surface area contributed by atoms with E-state index in [1.54, 1.807) is 13.8 Å².